The van der Waals surface area contributed by atoms with Gasteiger partial charge < -0.3 is 24.4 Å². The predicted molar refractivity (Wildman–Crippen MR) is 159 cm³/mol. The van der Waals surface area contributed by atoms with Crippen LogP contribution in [0.2, 0.25) is 5.02 Å². The number of ether oxygens (including phenoxy) is 3. The van der Waals surface area contributed by atoms with Crippen molar-refractivity contribution in [3.05, 3.63) is 70.2 Å². The molecule has 10 nitrogen and oxygen atoms in total. The number of hydrogen-bond acceptors (Lipinski definition) is 7. The molecule has 2 aromatic carbocycles. The zero-order valence-corrected chi connectivity index (χ0v) is 25.0. The highest BCUT2D eigenvalue weighted by molar-refractivity contribution is 6.30. The third-order valence-corrected chi connectivity index (χ3v) is 8.14. The fraction of sp³-hybridized carbons (Fsp3) is 0.355. The molecule has 2 N–H and O–H groups in total. The second kappa shape index (κ2) is 13.0. The fourth-order valence-electron chi connectivity index (χ4n) is 5.51. The van der Waals surface area contributed by atoms with E-state index in [1.807, 2.05) is 0 Å². The monoisotopic (exact) mass is 628 g/mol. The largest absolute Gasteiger partial charge is 0.481 e. The predicted octanol–water partition coefficient (Wildman–Crippen LogP) is 7.25. The Balaban J connectivity index is 1.54. The topological polar surface area (TPSA) is 119 Å². The molecule has 0 saturated carbocycles. The number of fused-ring (bicyclic) bond motifs is 4. The van der Waals surface area contributed by atoms with Gasteiger partial charge >= 0.3 is 12.2 Å². The second-order valence-electron chi connectivity index (χ2n) is 10.7. The molecular formula is C31H31ClF2N4O6. The van der Waals surface area contributed by atoms with E-state index in [0.29, 0.717) is 47.5 Å². The Morgan fingerprint density at radius 2 is 1.91 bits per heavy atom. The fourth-order valence-corrected chi connectivity index (χ4v) is 5.67. The van der Waals surface area contributed by atoms with E-state index in [1.54, 1.807) is 37.3 Å². The summed E-state index contributed by atoms with van der Waals surface area (Å²) in [6.07, 6.45) is -0.868. The number of hydrogen-bond donors (Lipinski definition) is 2. The molecule has 2 aliphatic rings. The molecule has 3 atom stereocenters. The lowest BCUT2D eigenvalue weighted by molar-refractivity contribution is -0.119. The van der Waals surface area contributed by atoms with Crippen molar-refractivity contribution in [2.24, 2.45) is 5.92 Å². The van der Waals surface area contributed by atoms with Crippen LogP contribution in [-0.2, 0) is 14.3 Å². The van der Waals surface area contributed by atoms with Gasteiger partial charge in [0.25, 0.3) is 0 Å². The minimum atomic E-state index is -1.14. The smallest absolute Gasteiger partial charge is 0.411 e. The Hall–Kier alpha value is -4.45. The number of benzene rings is 2. The van der Waals surface area contributed by atoms with Crippen LogP contribution >= 0.6 is 11.6 Å². The van der Waals surface area contributed by atoms with Crippen LogP contribution in [0.5, 0.6) is 5.88 Å². The first-order valence-electron chi connectivity index (χ1n) is 14.1. The van der Waals surface area contributed by atoms with Crippen molar-refractivity contribution in [1.29, 1.82) is 0 Å². The van der Waals surface area contributed by atoms with Crippen molar-refractivity contribution in [2.45, 2.75) is 44.8 Å². The molecule has 13 heteroatoms. The Bertz CT molecular complexity index is 1610. The molecule has 2 bridgehead atoms. The molecule has 0 radical (unpaired) electrons. The summed E-state index contributed by atoms with van der Waals surface area (Å²) >= 11 is 5.88. The number of nitrogens with zero attached hydrogens (tertiary/aromatic N) is 2. The summed E-state index contributed by atoms with van der Waals surface area (Å²) in [7, 11) is 2.71. The number of nitrogens with one attached hydrogen (secondary N) is 2. The summed E-state index contributed by atoms with van der Waals surface area (Å²) in [5.74, 6) is -2.14. The molecule has 0 aliphatic carbocycles. The molecule has 1 saturated heterocycles. The maximum atomic E-state index is 14.7. The highest BCUT2D eigenvalue weighted by atomic mass is 35.5. The minimum absolute atomic E-state index is 0.128. The number of pyridine rings is 1. The van der Waals surface area contributed by atoms with Gasteiger partial charge in [0, 0.05) is 36.2 Å². The third kappa shape index (κ3) is 6.40. The molecule has 1 fully saturated rings. The van der Waals surface area contributed by atoms with E-state index < -0.39 is 36.0 Å². The lowest BCUT2D eigenvalue weighted by Gasteiger charge is -2.38. The summed E-state index contributed by atoms with van der Waals surface area (Å²) in [4.78, 5) is 44.6. The molecule has 0 spiro atoms. The molecule has 44 heavy (non-hydrogen) atoms. The third-order valence-electron chi connectivity index (χ3n) is 7.85. The quantitative estimate of drug-likeness (QED) is 0.292. The molecule has 3 amide bonds. The van der Waals surface area contributed by atoms with E-state index in [0.717, 1.165) is 12.1 Å². The second-order valence-corrected chi connectivity index (χ2v) is 11.1. The number of aromatic nitrogens is 1. The van der Waals surface area contributed by atoms with Gasteiger partial charge in [-0.2, -0.15) is 0 Å². The molecule has 232 valence electrons. The van der Waals surface area contributed by atoms with Crippen molar-refractivity contribution < 1.29 is 37.4 Å². The molecule has 1 aromatic heterocycles. The van der Waals surface area contributed by atoms with Gasteiger partial charge in [0.1, 0.15) is 11.9 Å². The number of cyclic esters (lactones) is 1. The normalized spacial score (nSPS) is 20.3. The van der Waals surface area contributed by atoms with Gasteiger partial charge in [-0.05, 0) is 54.8 Å². The standard InChI is InChI=1S/C31H31ClF2N4O6/c1-16-5-4-6-24(38-12-11-25(44-31(38)41)27-21(33)10-9-20(32)28(27)34)17-13-22(36-26(14-17)42-2)19-8-7-18(35-30(40)43-3)15-23(19)37-29(16)39/h7-10,13-16,24-25H,4-6,11-12H2,1-3H3,(H,35,40)(H,37,39)/t16-,24+,25-/m1/s1. The van der Waals surface area contributed by atoms with Crippen LogP contribution in [0.15, 0.2) is 42.5 Å². The Kier molecular flexibility index (Phi) is 9.19. The van der Waals surface area contributed by atoms with E-state index in [2.05, 4.69) is 20.4 Å². The average molecular weight is 629 g/mol. The van der Waals surface area contributed by atoms with E-state index in [1.165, 1.54) is 19.1 Å². The Morgan fingerprint density at radius 1 is 1.11 bits per heavy atom. The zero-order chi connectivity index (χ0) is 31.5. The van der Waals surface area contributed by atoms with Crippen molar-refractivity contribution in [1.82, 2.24) is 9.88 Å². The van der Waals surface area contributed by atoms with Crippen LogP contribution in [0.25, 0.3) is 11.3 Å². The number of halogens is 3. The van der Waals surface area contributed by atoms with Crippen molar-refractivity contribution in [2.75, 3.05) is 31.4 Å². The average Bonchev–Trinajstić information content (AvgIpc) is 3.01. The van der Waals surface area contributed by atoms with Gasteiger partial charge in [-0.3, -0.25) is 10.1 Å². The maximum Gasteiger partial charge on any atom is 0.411 e. The van der Waals surface area contributed by atoms with Crippen LogP contribution in [0.4, 0.5) is 29.7 Å². The van der Waals surface area contributed by atoms with Gasteiger partial charge in [0.05, 0.1) is 42.2 Å². The summed E-state index contributed by atoms with van der Waals surface area (Å²) < 4.78 is 45.1. The molecular weight excluding hydrogens is 598 g/mol. The Labute approximate surface area is 257 Å². The van der Waals surface area contributed by atoms with Crippen LogP contribution in [0.1, 0.15) is 55.9 Å². The number of amides is 3. The van der Waals surface area contributed by atoms with Crippen LogP contribution in [0.3, 0.4) is 0 Å². The van der Waals surface area contributed by atoms with Crippen molar-refractivity contribution >= 4 is 41.1 Å². The molecule has 5 rings (SSSR count). The number of carbonyl (C=O) groups excluding carboxylic acids is 3. The van der Waals surface area contributed by atoms with Crippen molar-refractivity contribution in [3.63, 3.8) is 0 Å². The first kappa shape index (κ1) is 31.0. The lowest BCUT2D eigenvalue weighted by Crippen LogP contribution is -2.42. The highest BCUT2D eigenvalue weighted by Crippen LogP contribution is 2.40. The minimum Gasteiger partial charge on any atom is -0.481 e. The highest BCUT2D eigenvalue weighted by Gasteiger charge is 2.37. The number of carbonyl (C=O) groups is 3. The van der Waals surface area contributed by atoms with Gasteiger partial charge in [-0.1, -0.05) is 24.9 Å². The summed E-state index contributed by atoms with van der Waals surface area (Å²) in [5.41, 5.74) is 2.12. The summed E-state index contributed by atoms with van der Waals surface area (Å²) in [6, 6.07) is 10.1. The van der Waals surface area contributed by atoms with E-state index in [9.17, 15) is 23.2 Å². The summed E-state index contributed by atoms with van der Waals surface area (Å²) in [5, 5.41) is 5.29. The molecule has 2 aliphatic heterocycles. The van der Waals surface area contributed by atoms with Crippen LogP contribution in [0, 0.1) is 17.6 Å². The first-order chi connectivity index (χ1) is 21.1. The molecule has 0 unspecified atom stereocenters. The van der Waals surface area contributed by atoms with Gasteiger partial charge in [0.15, 0.2) is 5.82 Å². The van der Waals surface area contributed by atoms with Crippen molar-refractivity contribution in [3.8, 4) is 17.1 Å². The van der Waals surface area contributed by atoms with Gasteiger partial charge in [0.2, 0.25) is 11.8 Å². The SMILES string of the molecule is COC(=O)Nc1ccc2c(c1)NC(=O)[C@H](C)CCC[C@H](N1CC[C@H](c3c(F)ccc(Cl)c3F)OC1=O)c1cc(OC)nc-2c1. The van der Waals surface area contributed by atoms with Gasteiger partial charge in [-0.15, -0.1) is 0 Å². The summed E-state index contributed by atoms with van der Waals surface area (Å²) in [6.45, 7) is 1.95. The lowest BCUT2D eigenvalue weighted by atomic mass is 9.93. The van der Waals surface area contributed by atoms with E-state index in [4.69, 9.17) is 21.1 Å². The number of rotatable bonds is 4. The molecule has 3 heterocycles. The first-order valence-corrected chi connectivity index (χ1v) is 14.4. The zero-order valence-electron chi connectivity index (χ0n) is 24.3. The number of methoxy groups -OCH3 is 2. The van der Waals surface area contributed by atoms with Crippen LogP contribution < -0.4 is 15.4 Å². The molecule has 3 aromatic rings. The van der Waals surface area contributed by atoms with Gasteiger partial charge in [-0.25, -0.2) is 23.4 Å². The van der Waals surface area contributed by atoms with E-state index >= 15 is 0 Å². The maximum absolute atomic E-state index is 14.7. The Morgan fingerprint density at radius 3 is 2.64 bits per heavy atom. The van der Waals surface area contributed by atoms with Crippen LogP contribution in [-0.4, -0.2) is 48.7 Å². The number of anilines is 2. The van der Waals surface area contributed by atoms with E-state index in [-0.39, 0.29) is 41.3 Å².